The molecular formula is C18H27N3O2. The number of anilines is 1. The third-order valence-electron chi connectivity index (χ3n) is 4.24. The smallest absolute Gasteiger partial charge is 0.251 e. The Balaban J connectivity index is 2.02. The van der Waals surface area contributed by atoms with Crippen LogP contribution >= 0.6 is 0 Å². The second kappa shape index (κ2) is 7.59. The number of hydrogen-bond acceptors (Lipinski definition) is 3. The van der Waals surface area contributed by atoms with Gasteiger partial charge in [0.25, 0.3) is 5.91 Å². The van der Waals surface area contributed by atoms with E-state index in [1.54, 1.807) is 12.1 Å². The molecule has 1 fully saturated rings. The van der Waals surface area contributed by atoms with Crippen LogP contribution in [0, 0.1) is 12.8 Å². The zero-order valence-corrected chi connectivity index (χ0v) is 14.2. The van der Waals surface area contributed by atoms with Gasteiger partial charge in [-0.1, -0.05) is 6.42 Å². The summed E-state index contributed by atoms with van der Waals surface area (Å²) in [5.74, 6) is -0.0736. The highest BCUT2D eigenvalue weighted by Crippen LogP contribution is 2.25. The zero-order valence-electron chi connectivity index (χ0n) is 14.2. The molecule has 5 nitrogen and oxygen atoms in total. The molecule has 0 saturated heterocycles. The summed E-state index contributed by atoms with van der Waals surface area (Å²) in [7, 11) is 0. The van der Waals surface area contributed by atoms with Crippen molar-refractivity contribution >= 4 is 17.5 Å². The Labute approximate surface area is 138 Å². The predicted octanol–water partition coefficient (Wildman–Crippen LogP) is 2.59. The van der Waals surface area contributed by atoms with Crippen molar-refractivity contribution in [1.82, 2.24) is 5.32 Å². The lowest BCUT2D eigenvalue weighted by atomic mass is 9.85. The molecule has 1 aliphatic carbocycles. The molecule has 0 bridgehead atoms. The van der Waals surface area contributed by atoms with Gasteiger partial charge in [0.2, 0.25) is 5.91 Å². The van der Waals surface area contributed by atoms with Gasteiger partial charge < -0.3 is 16.4 Å². The summed E-state index contributed by atoms with van der Waals surface area (Å²) < 4.78 is 0. The minimum Gasteiger partial charge on any atom is -0.350 e. The first kappa shape index (κ1) is 17.5. The molecule has 0 aromatic heterocycles. The van der Waals surface area contributed by atoms with E-state index >= 15 is 0 Å². The fraction of sp³-hybridized carbons (Fsp3) is 0.556. The van der Waals surface area contributed by atoms with Gasteiger partial charge in [-0.2, -0.15) is 0 Å². The average Bonchev–Trinajstić information content (AvgIpc) is 2.46. The first-order valence-electron chi connectivity index (χ1n) is 8.34. The number of carbonyl (C=O) groups excluding carboxylic acids is 2. The molecule has 2 amide bonds. The lowest BCUT2D eigenvalue weighted by Gasteiger charge is -2.25. The SMILES string of the molecule is Cc1cc(NC(=O)C2CCCC(N)C2)ccc1C(=O)NC(C)C. The molecule has 2 rings (SSSR count). The third-order valence-corrected chi connectivity index (χ3v) is 4.24. The van der Waals surface area contributed by atoms with Crippen molar-refractivity contribution in [2.45, 2.75) is 58.5 Å². The van der Waals surface area contributed by atoms with Crippen molar-refractivity contribution in [3.63, 3.8) is 0 Å². The van der Waals surface area contributed by atoms with Gasteiger partial charge in [0.05, 0.1) is 0 Å². The molecule has 1 saturated carbocycles. The van der Waals surface area contributed by atoms with Gasteiger partial charge in [-0.15, -0.1) is 0 Å². The van der Waals surface area contributed by atoms with E-state index in [9.17, 15) is 9.59 Å². The first-order chi connectivity index (χ1) is 10.9. The van der Waals surface area contributed by atoms with Crippen molar-refractivity contribution in [2.75, 3.05) is 5.32 Å². The molecule has 0 radical (unpaired) electrons. The Hall–Kier alpha value is -1.88. The number of hydrogen-bond donors (Lipinski definition) is 3. The summed E-state index contributed by atoms with van der Waals surface area (Å²) in [4.78, 5) is 24.4. The molecule has 126 valence electrons. The van der Waals surface area contributed by atoms with Gasteiger partial charge >= 0.3 is 0 Å². The highest BCUT2D eigenvalue weighted by atomic mass is 16.2. The highest BCUT2D eigenvalue weighted by Gasteiger charge is 2.25. The quantitative estimate of drug-likeness (QED) is 0.798. The van der Waals surface area contributed by atoms with Crippen molar-refractivity contribution < 1.29 is 9.59 Å². The summed E-state index contributed by atoms with van der Waals surface area (Å²) in [5, 5.41) is 5.83. The second-order valence-corrected chi connectivity index (χ2v) is 6.77. The van der Waals surface area contributed by atoms with Crippen LogP contribution in [0.3, 0.4) is 0 Å². The standard InChI is InChI=1S/C18H27N3O2/c1-11(2)20-18(23)16-8-7-15(9-12(16)3)21-17(22)13-5-4-6-14(19)10-13/h7-9,11,13-14H,4-6,10,19H2,1-3H3,(H,20,23)(H,21,22). The van der Waals surface area contributed by atoms with E-state index < -0.39 is 0 Å². The molecule has 0 heterocycles. The van der Waals surface area contributed by atoms with Crippen LogP contribution in [0.2, 0.25) is 0 Å². The zero-order chi connectivity index (χ0) is 17.0. The summed E-state index contributed by atoms with van der Waals surface area (Å²) in [6.07, 6.45) is 3.65. The maximum atomic E-state index is 12.3. The average molecular weight is 317 g/mol. The number of carbonyl (C=O) groups is 2. The molecule has 1 aromatic carbocycles. The van der Waals surface area contributed by atoms with Gasteiger partial charge in [0.1, 0.15) is 0 Å². The number of nitrogens with two attached hydrogens (primary N) is 1. The number of amides is 2. The van der Waals surface area contributed by atoms with Crippen LogP contribution < -0.4 is 16.4 Å². The summed E-state index contributed by atoms with van der Waals surface area (Å²) in [6, 6.07) is 5.61. The first-order valence-corrected chi connectivity index (χ1v) is 8.34. The second-order valence-electron chi connectivity index (χ2n) is 6.77. The number of benzene rings is 1. The monoisotopic (exact) mass is 317 g/mol. The molecule has 0 aliphatic heterocycles. The molecule has 4 N–H and O–H groups in total. The number of rotatable bonds is 4. The van der Waals surface area contributed by atoms with Crippen LogP contribution in [-0.4, -0.2) is 23.9 Å². The fourth-order valence-corrected chi connectivity index (χ4v) is 3.05. The van der Waals surface area contributed by atoms with E-state index in [1.807, 2.05) is 26.8 Å². The molecular weight excluding hydrogens is 290 g/mol. The Morgan fingerprint density at radius 1 is 1.26 bits per heavy atom. The Kier molecular flexibility index (Phi) is 5.77. The van der Waals surface area contributed by atoms with E-state index in [1.165, 1.54) is 0 Å². The van der Waals surface area contributed by atoms with E-state index in [2.05, 4.69) is 10.6 Å². The van der Waals surface area contributed by atoms with Crippen LogP contribution in [0.4, 0.5) is 5.69 Å². The van der Waals surface area contributed by atoms with Crippen LogP contribution in [0.5, 0.6) is 0 Å². The van der Waals surface area contributed by atoms with Crippen molar-refractivity contribution in [3.05, 3.63) is 29.3 Å². The lowest BCUT2D eigenvalue weighted by Crippen LogP contribution is -2.34. The molecule has 1 aliphatic rings. The van der Waals surface area contributed by atoms with E-state index in [0.29, 0.717) is 5.56 Å². The number of nitrogens with one attached hydrogen (secondary N) is 2. The van der Waals surface area contributed by atoms with E-state index in [-0.39, 0.29) is 29.8 Å². The third kappa shape index (κ3) is 4.79. The maximum absolute atomic E-state index is 12.3. The molecule has 1 aromatic rings. The highest BCUT2D eigenvalue weighted by molar-refractivity contribution is 5.97. The van der Waals surface area contributed by atoms with Crippen LogP contribution in [0.1, 0.15) is 55.5 Å². The topological polar surface area (TPSA) is 84.2 Å². The fourth-order valence-electron chi connectivity index (χ4n) is 3.05. The molecule has 2 unspecified atom stereocenters. The van der Waals surface area contributed by atoms with Gasteiger partial charge in [0, 0.05) is 29.3 Å². The predicted molar refractivity (Wildman–Crippen MR) is 92.3 cm³/mol. The Morgan fingerprint density at radius 2 is 2.00 bits per heavy atom. The molecule has 5 heteroatoms. The van der Waals surface area contributed by atoms with Crippen molar-refractivity contribution in [1.29, 1.82) is 0 Å². The van der Waals surface area contributed by atoms with Gasteiger partial charge in [0.15, 0.2) is 0 Å². The van der Waals surface area contributed by atoms with Crippen LogP contribution in [-0.2, 0) is 4.79 Å². The summed E-state index contributed by atoms with van der Waals surface area (Å²) in [5.41, 5.74) is 8.16. The molecule has 0 spiro atoms. The van der Waals surface area contributed by atoms with Crippen LogP contribution in [0.15, 0.2) is 18.2 Å². The largest absolute Gasteiger partial charge is 0.350 e. The normalized spacial score (nSPS) is 21.1. The van der Waals surface area contributed by atoms with E-state index in [0.717, 1.165) is 36.9 Å². The maximum Gasteiger partial charge on any atom is 0.251 e. The molecule has 23 heavy (non-hydrogen) atoms. The Morgan fingerprint density at radius 3 is 2.61 bits per heavy atom. The Bertz CT molecular complexity index is 584. The van der Waals surface area contributed by atoms with Gasteiger partial charge in [-0.05, 0) is 63.8 Å². The minimum absolute atomic E-state index is 0.0111. The number of aryl methyl sites for hydroxylation is 1. The van der Waals surface area contributed by atoms with Crippen molar-refractivity contribution in [2.24, 2.45) is 11.7 Å². The van der Waals surface area contributed by atoms with Gasteiger partial charge in [-0.25, -0.2) is 0 Å². The van der Waals surface area contributed by atoms with E-state index in [4.69, 9.17) is 5.73 Å². The van der Waals surface area contributed by atoms with Gasteiger partial charge in [-0.3, -0.25) is 9.59 Å². The summed E-state index contributed by atoms with van der Waals surface area (Å²) >= 11 is 0. The summed E-state index contributed by atoms with van der Waals surface area (Å²) in [6.45, 7) is 5.73. The van der Waals surface area contributed by atoms with Crippen LogP contribution in [0.25, 0.3) is 0 Å². The molecule has 2 atom stereocenters. The lowest BCUT2D eigenvalue weighted by molar-refractivity contribution is -0.120. The minimum atomic E-state index is -0.0892. The van der Waals surface area contributed by atoms with Crippen molar-refractivity contribution in [3.8, 4) is 0 Å².